The van der Waals surface area contributed by atoms with Crippen LogP contribution in [0.25, 0.3) is 0 Å². The molecule has 4 rings (SSSR count). The number of hydrogen-bond acceptors (Lipinski definition) is 6. The van der Waals surface area contributed by atoms with Crippen LogP contribution in [0.2, 0.25) is 0 Å². The molecule has 0 radical (unpaired) electrons. The lowest BCUT2D eigenvalue weighted by Crippen LogP contribution is -2.42. The number of nitro benzene ring substituents is 1. The van der Waals surface area contributed by atoms with E-state index in [1.807, 2.05) is 60.7 Å². The Kier molecular flexibility index (Phi) is 8.85. The molecule has 0 fully saturated rings. The molecule has 1 N–H and O–H groups in total. The van der Waals surface area contributed by atoms with Gasteiger partial charge in [-0.25, -0.2) is 8.42 Å². The van der Waals surface area contributed by atoms with Crippen LogP contribution in [0.15, 0.2) is 120 Å². The van der Waals surface area contributed by atoms with Crippen molar-refractivity contribution in [1.82, 2.24) is 4.90 Å². The average molecular weight is 532 g/mol. The first-order valence-corrected chi connectivity index (χ1v) is 13.6. The van der Waals surface area contributed by atoms with Crippen molar-refractivity contribution in [2.75, 3.05) is 17.4 Å². The number of sulfonamides is 1. The van der Waals surface area contributed by atoms with Gasteiger partial charge < -0.3 is 5.11 Å². The van der Waals surface area contributed by atoms with E-state index in [1.54, 1.807) is 30.3 Å². The van der Waals surface area contributed by atoms with Crippen molar-refractivity contribution in [3.8, 4) is 0 Å². The van der Waals surface area contributed by atoms with Gasteiger partial charge in [-0.3, -0.25) is 19.3 Å². The molecule has 0 aromatic heterocycles. The van der Waals surface area contributed by atoms with Gasteiger partial charge in [-0.15, -0.1) is 0 Å². The zero-order valence-electron chi connectivity index (χ0n) is 20.7. The van der Waals surface area contributed by atoms with Crippen molar-refractivity contribution in [1.29, 1.82) is 0 Å². The quantitative estimate of drug-likeness (QED) is 0.207. The first kappa shape index (κ1) is 27.0. The molecular weight excluding hydrogens is 502 g/mol. The van der Waals surface area contributed by atoms with E-state index in [9.17, 15) is 23.6 Å². The molecule has 0 unspecified atom stereocenters. The Bertz CT molecular complexity index is 1380. The van der Waals surface area contributed by atoms with Crippen molar-refractivity contribution in [3.05, 3.63) is 137 Å². The number of para-hydroxylation sites is 1. The molecule has 8 nitrogen and oxygen atoms in total. The van der Waals surface area contributed by atoms with Crippen molar-refractivity contribution in [2.45, 2.75) is 24.1 Å². The van der Waals surface area contributed by atoms with Gasteiger partial charge in [0.1, 0.15) is 0 Å². The first-order valence-electron chi connectivity index (χ1n) is 12.1. The fraction of sp³-hybridized carbons (Fsp3) is 0.172. The van der Waals surface area contributed by atoms with E-state index in [1.165, 1.54) is 12.1 Å². The van der Waals surface area contributed by atoms with Crippen LogP contribution in [-0.4, -0.2) is 42.5 Å². The highest BCUT2D eigenvalue weighted by atomic mass is 32.2. The number of aliphatic hydroxyl groups excluding tert-OH is 1. The number of aliphatic hydroxyl groups is 1. The molecule has 0 bridgehead atoms. The summed E-state index contributed by atoms with van der Waals surface area (Å²) >= 11 is 0. The normalized spacial score (nSPS) is 12.3. The minimum absolute atomic E-state index is 0.0930. The number of benzene rings is 4. The Balaban J connectivity index is 1.58. The molecule has 0 amide bonds. The summed E-state index contributed by atoms with van der Waals surface area (Å²) in [5.74, 6) is 0. The van der Waals surface area contributed by atoms with Crippen molar-refractivity contribution in [3.63, 3.8) is 0 Å². The molecule has 4 aromatic carbocycles. The lowest BCUT2D eigenvalue weighted by molar-refractivity contribution is -0.384. The van der Waals surface area contributed by atoms with E-state index >= 15 is 0 Å². The van der Waals surface area contributed by atoms with Gasteiger partial charge in [0.2, 0.25) is 0 Å². The molecule has 0 aliphatic heterocycles. The van der Waals surface area contributed by atoms with Gasteiger partial charge in [0.25, 0.3) is 15.7 Å². The summed E-state index contributed by atoms with van der Waals surface area (Å²) in [7, 11) is -4.11. The summed E-state index contributed by atoms with van der Waals surface area (Å²) in [5.41, 5.74) is 2.35. The molecule has 0 saturated carbocycles. The highest BCUT2D eigenvalue weighted by Crippen LogP contribution is 2.26. The summed E-state index contributed by atoms with van der Waals surface area (Å²) in [5, 5.41) is 22.2. The summed E-state index contributed by atoms with van der Waals surface area (Å²) in [6.45, 7) is 1.19. The highest BCUT2D eigenvalue weighted by Gasteiger charge is 2.28. The number of nitro groups is 1. The second kappa shape index (κ2) is 12.5. The zero-order valence-corrected chi connectivity index (χ0v) is 21.5. The van der Waals surface area contributed by atoms with E-state index in [2.05, 4.69) is 4.90 Å². The third-order valence-electron chi connectivity index (χ3n) is 6.02. The molecule has 196 valence electrons. The molecule has 0 heterocycles. The van der Waals surface area contributed by atoms with Crippen LogP contribution in [0.5, 0.6) is 0 Å². The summed E-state index contributed by atoms with van der Waals surface area (Å²) < 4.78 is 28.5. The van der Waals surface area contributed by atoms with Gasteiger partial charge in [-0.2, -0.15) is 0 Å². The topological polar surface area (TPSA) is 104 Å². The van der Waals surface area contributed by atoms with E-state index in [-0.39, 0.29) is 23.7 Å². The fourth-order valence-corrected chi connectivity index (χ4v) is 5.72. The van der Waals surface area contributed by atoms with Crippen molar-refractivity contribution < 1.29 is 18.4 Å². The van der Waals surface area contributed by atoms with Crippen LogP contribution in [0, 0.1) is 10.1 Å². The molecule has 9 heteroatoms. The maximum absolute atomic E-state index is 13.6. The Hall–Kier alpha value is -4.05. The smallest absolute Gasteiger partial charge is 0.269 e. The van der Waals surface area contributed by atoms with Crippen molar-refractivity contribution in [2.24, 2.45) is 0 Å². The predicted molar refractivity (Wildman–Crippen MR) is 147 cm³/mol. The SMILES string of the molecule is O=[N+]([O-])c1ccc(S(=O)(=O)N(C[C@@H](O)CN(Cc2ccccc2)Cc2ccccc2)c2ccccc2)cc1. The van der Waals surface area contributed by atoms with E-state index in [4.69, 9.17) is 0 Å². The molecule has 0 saturated heterocycles. The zero-order chi connectivity index (χ0) is 27.0. The number of anilines is 1. The monoisotopic (exact) mass is 531 g/mol. The lowest BCUT2D eigenvalue weighted by Gasteiger charge is -2.30. The minimum Gasteiger partial charge on any atom is -0.390 e. The van der Waals surface area contributed by atoms with Gasteiger partial charge >= 0.3 is 0 Å². The maximum Gasteiger partial charge on any atom is 0.269 e. The number of rotatable bonds is 12. The van der Waals surface area contributed by atoms with Crippen LogP contribution in [0.1, 0.15) is 11.1 Å². The van der Waals surface area contributed by atoms with Gasteiger partial charge in [0.15, 0.2) is 0 Å². The molecule has 4 aromatic rings. The van der Waals surface area contributed by atoms with Crippen LogP contribution >= 0.6 is 0 Å². The highest BCUT2D eigenvalue weighted by molar-refractivity contribution is 7.92. The number of hydrogen-bond donors (Lipinski definition) is 1. The largest absolute Gasteiger partial charge is 0.390 e. The Morgan fingerprint density at radius 2 is 1.18 bits per heavy atom. The Morgan fingerprint density at radius 3 is 1.66 bits per heavy atom. The summed E-state index contributed by atoms with van der Waals surface area (Å²) in [4.78, 5) is 12.4. The first-order chi connectivity index (χ1) is 18.3. The second-order valence-electron chi connectivity index (χ2n) is 8.92. The van der Waals surface area contributed by atoms with Crippen LogP contribution in [-0.2, 0) is 23.1 Å². The molecule has 0 aliphatic carbocycles. The summed E-state index contributed by atoms with van der Waals surface area (Å²) in [6, 6.07) is 33.1. The van der Waals surface area contributed by atoms with E-state index < -0.39 is 21.1 Å². The molecular formula is C29H29N3O5S. The minimum atomic E-state index is -4.11. The molecule has 0 aliphatic rings. The van der Waals surface area contributed by atoms with Gasteiger partial charge in [0.05, 0.1) is 28.2 Å². The van der Waals surface area contributed by atoms with E-state index in [0.717, 1.165) is 27.6 Å². The number of non-ortho nitro benzene ring substituents is 1. The summed E-state index contributed by atoms with van der Waals surface area (Å²) in [6.07, 6.45) is -1.02. The van der Waals surface area contributed by atoms with Gasteiger partial charge in [-0.1, -0.05) is 78.9 Å². The predicted octanol–water partition coefficient (Wildman–Crippen LogP) is 4.85. The Labute approximate surface area is 222 Å². The third kappa shape index (κ3) is 7.04. The van der Waals surface area contributed by atoms with Crippen LogP contribution < -0.4 is 4.31 Å². The van der Waals surface area contributed by atoms with Gasteiger partial charge in [-0.05, 0) is 35.4 Å². The molecule has 0 spiro atoms. The number of nitrogens with zero attached hydrogens (tertiary/aromatic N) is 3. The van der Waals surface area contributed by atoms with Gasteiger partial charge in [0, 0.05) is 31.8 Å². The van der Waals surface area contributed by atoms with E-state index in [0.29, 0.717) is 18.8 Å². The van der Waals surface area contributed by atoms with Crippen molar-refractivity contribution >= 4 is 21.4 Å². The van der Waals surface area contributed by atoms with Crippen LogP contribution in [0.3, 0.4) is 0 Å². The molecule has 1 atom stereocenters. The lowest BCUT2D eigenvalue weighted by atomic mass is 10.1. The second-order valence-corrected chi connectivity index (χ2v) is 10.8. The Morgan fingerprint density at radius 1 is 0.711 bits per heavy atom. The van der Waals surface area contributed by atoms with Crippen LogP contribution in [0.4, 0.5) is 11.4 Å². The standard InChI is InChI=1S/C29H29N3O5S/c33-28(22-30(20-24-10-4-1-5-11-24)21-25-12-6-2-7-13-25)23-31(26-14-8-3-9-15-26)38(36,37)29-18-16-27(17-19-29)32(34)35/h1-19,28,33H,20-23H2/t28-/m0/s1. The average Bonchev–Trinajstić information content (AvgIpc) is 2.93. The maximum atomic E-state index is 13.6. The molecule has 38 heavy (non-hydrogen) atoms. The fourth-order valence-electron chi connectivity index (χ4n) is 4.22. The third-order valence-corrected chi connectivity index (χ3v) is 7.83.